The maximum Gasteiger partial charge on any atom is 0.115 e. The van der Waals surface area contributed by atoms with Crippen molar-refractivity contribution in [2.45, 2.75) is 50.7 Å². The van der Waals surface area contributed by atoms with Gasteiger partial charge in [-0.15, -0.1) is 0 Å². The fraction of sp³-hybridized carbons (Fsp3) is 0.600. The molecule has 1 saturated carbocycles. The summed E-state index contributed by atoms with van der Waals surface area (Å²) in [6, 6.07) is 7.19. The van der Waals surface area contributed by atoms with E-state index in [0.29, 0.717) is 12.3 Å². The Bertz CT molecular complexity index is 353. The third-order valence-electron chi connectivity index (χ3n) is 3.75. The van der Waals surface area contributed by atoms with Crippen molar-refractivity contribution in [1.29, 1.82) is 0 Å². The Morgan fingerprint density at radius 1 is 1.00 bits per heavy atom. The topological polar surface area (TPSA) is 52.5 Å². The average Bonchev–Trinajstić information content (AvgIpc) is 2.57. The van der Waals surface area contributed by atoms with Crippen molar-refractivity contribution in [2.24, 2.45) is 0 Å². The fourth-order valence-electron chi connectivity index (χ4n) is 2.62. The molecule has 2 rings (SSSR count). The predicted octanol–water partition coefficient (Wildman–Crippen LogP) is 2.57. The van der Waals surface area contributed by atoms with Gasteiger partial charge in [-0.3, -0.25) is 0 Å². The standard InChI is InChI=1S/C15H23NO2/c17-14-7-5-13(6-8-14)11-16-12-15(18)9-3-1-2-4-10-15/h5-8,16-18H,1-4,9-12H2. The fourth-order valence-corrected chi connectivity index (χ4v) is 2.62. The summed E-state index contributed by atoms with van der Waals surface area (Å²) < 4.78 is 0. The second kappa shape index (κ2) is 6.21. The molecule has 3 nitrogen and oxygen atoms in total. The van der Waals surface area contributed by atoms with Crippen molar-refractivity contribution in [3.05, 3.63) is 29.8 Å². The molecule has 0 radical (unpaired) electrons. The van der Waals surface area contributed by atoms with E-state index in [2.05, 4.69) is 5.32 Å². The molecule has 0 amide bonds. The highest BCUT2D eigenvalue weighted by Gasteiger charge is 2.27. The summed E-state index contributed by atoms with van der Waals surface area (Å²) in [7, 11) is 0. The third kappa shape index (κ3) is 4.00. The maximum atomic E-state index is 10.5. The van der Waals surface area contributed by atoms with Gasteiger partial charge in [-0.2, -0.15) is 0 Å². The number of hydrogen-bond acceptors (Lipinski definition) is 3. The van der Waals surface area contributed by atoms with Crippen LogP contribution in [0.3, 0.4) is 0 Å². The Hall–Kier alpha value is -1.06. The van der Waals surface area contributed by atoms with Crippen LogP contribution in [-0.4, -0.2) is 22.4 Å². The van der Waals surface area contributed by atoms with Crippen molar-refractivity contribution in [2.75, 3.05) is 6.54 Å². The van der Waals surface area contributed by atoms with E-state index in [9.17, 15) is 10.2 Å². The van der Waals surface area contributed by atoms with Gasteiger partial charge in [-0.25, -0.2) is 0 Å². The highest BCUT2D eigenvalue weighted by atomic mass is 16.3. The van der Waals surface area contributed by atoms with Crippen LogP contribution in [0.1, 0.15) is 44.1 Å². The van der Waals surface area contributed by atoms with Crippen LogP contribution < -0.4 is 5.32 Å². The van der Waals surface area contributed by atoms with Gasteiger partial charge in [0.25, 0.3) is 0 Å². The summed E-state index contributed by atoms with van der Waals surface area (Å²) in [4.78, 5) is 0. The monoisotopic (exact) mass is 249 g/mol. The van der Waals surface area contributed by atoms with E-state index in [1.165, 1.54) is 12.8 Å². The molecule has 100 valence electrons. The Kier molecular flexibility index (Phi) is 4.61. The summed E-state index contributed by atoms with van der Waals surface area (Å²) in [6.45, 7) is 1.40. The van der Waals surface area contributed by atoms with Gasteiger partial charge in [0.15, 0.2) is 0 Å². The number of hydrogen-bond donors (Lipinski definition) is 3. The summed E-state index contributed by atoms with van der Waals surface area (Å²) in [5.74, 6) is 0.293. The largest absolute Gasteiger partial charge is 0.508 e. The molecule has 1 aliphatic rings. The zero-order valence-electron chi connectivity index (χ0n) is 10.9. The van der Waals surface area contributed by atoms with Gasteiger partial charge < -0.3 is 15.5 Å². The Labute approximate surface area is 109 Å². The van der Waals surface area contributed by atoms with E-state index in [4.69, 9.17) is 0 Å². The van der Waals surface area contributed by atoms with Crippen molar-refractivity contribution < 1.29 is 10.2 Å². The van der Waals surface area contributed by atoms with Gasteiger partial charge in [0, 0.05) is 13.1 Å². The summed E-state index contributed by atoms with van der Waals surface area (Å²) in [6.07, 6.45) is 6.60. The number of nitrogens with one attached hydrogen (secondary N) is 1. The number of phenols is 1. The quantitative estimate of drug-likeness (QED) is 0.719. The SMILES string of the molecule is Oc1ccc(CNCC2(O)CCCCCC2)cc1. The van der Waals surface area contributed by atoms with Crippen LogP contribution in [0.5, 0.6) is 5.75 Å². The number of phenolic OH excluding ortho intramolecular Hbond substituents is 1. The van der Waals surface area contributed by atoms with Crippen LogP contribution in [-0.2, 0) is 6.54 Å². The number of benzene rings is 1. The smallest absolute Gasteiger partial charge is 0.115 e. The van der Waals surface area contributed by atoms with Crippen LogP contribution >= 0.6 is 0 Å². The minimum absolute atomic E-state index is 0.293. The molecular formula is C15H23NO2. The average molecular weight is 249 g/mol. The van der Waals surface area contributed by atoms with E-state index < -0.39 is 5.60 Å². The highest BCUT2D eigenvalue weighted by molar-refractivity contribution is 5.25. The number of aromatic hydroxyl groups is 1. The Balaban J connectivity index is 1.78. The second-order valence-electron chi connectivity index (χ2n) is 5.41. The van der Waals surface area contributed by atoms with Gasteiger partial charge in [0.2, 0.25) is 0 Å². The molecule has 1 aromatic carbocycles. The van der Waals surface area contributed by atoms with Crippen LogP contribution in [0.4, 0.5) is 0 Å². The lowest BCUT2D eigenvalue weighted by atomic mass is 9.94. The summed E-state index contributed by atoms with van der Waals surface area (Å²) in [5, 5.41) is 23.0. The van der Waals surface area contributed by atoms with Crippen LogP contribution in [0, 0.1) is 0 Å². The summed E-state index contributed by atoms with van der Waals surface area (Å²) >= 11 is 0. The van der Waals surface area contributed by atoms with E-state index in [0.717, 1.165) is 37.8 Å². The lowest BCUT2D eigenvalue weighted by molar-refractivity contribution is 0.0250. The van der Waals surface area contributed by atoms with Crippen LogP contribution in [0.25, 0.3) is 0 Å². The molecule has 0 unspecified atom stereocenters. The van der Waals surface area contributed by atoms with Gasteiger partial charge in [-0.1, -0.05) is 37.8 Å². The van der Waals surface area contributed by atoms with Crippen molar-refractivity contribution >= 4 is 0 Å². The number of rotatable bonds is 4. The molecule has 18 heavy (non-hydrogen) atoms. The first kappa shape index (κ1) is 13.4. The van der Waals surface area contributed by atoms with Gasteiger partial charge in [0.1, 0.15) is 5.75 Å². The summed E-state index contributed by atoms with van der Waals surface area (Å²) in [5.41, 5.74) is 0.609. The Morgan fingerprint density at radius 2 is 1.61 bits per heavy atom. The molecular weight excluding hydrogens is 226 g/mol. The first-order valence-electron chi connectivity index (χ1n) is 6.89. The molecule has 0 bridgehead atoms. The van der Waals surface area contributed by atoms with E-state index in [1.807, 2.05) is 12.1 Å². The van der Waals surface area contributed by atoms with Crippen molar-refractivity contribution in [1.82, 2.24) is 5.32 Å². The molecule has 0 spiro atoms. The Morgan fingerprint density at radius 3 is 2.22 bits per heavy atom. The molecule has 3 heteroatoms. The second-order valence-corrected chi connectivity index (χ2v) is 5.41. The van der Waals surface area contributed by atoms with E-state index in [1.54, 1.807) is 12.1 Å². The minimum atomic E-state index is -0.520. The van der Waals surface area contributed by atoms with E-state index >= 15 is 0 Å². The number of aliphatic hydroxyl groups is 1. The molecule has 0 heterocycles. The molecule has 0 aromatic heterocycles. The first-order valence-corrected chi connectivity index (χ1v) is 6.89. The zero-order chi connectivity index (χ0) is 12.8. The van der Waals surface area contributed by atoms with Gasteiger partial charge >= 0.3 is 0 Å². The molecule has 0 saturated heterocycles. The molecule has 0 atom stereocenters. The maximum absolute atomic E-state index is 10.5. The van der Waals surface area contributed by atoms with Crippen LogP contribution in [0.2, 0.25) is 0 Å². The molecule has 3 N–H and O–H groups in total. The lowest BCUT2D eigenvalue weighted by Crippen LogP contribution is -2.39. The van der Waals surface area contributed by atoms with E-state index in [-0.39, 0.29) is 0 Å². The lowest BCUT2D eigenvalue weighted by Gasteiger charge is -2.27. The normalized spacial score (nSPS) is 19.4. The molecule has 1 aromatic rings. The van der Waals surface area contributed by atoms with Crippen molar-refractivity contribution in [3.8, 4) is 5.75 Å². The zero-order valence-corrected chi connectivity index (χ0v) is 10.9. The minimum Gasteiger partial charge on any atom is -0.508 e. The molecule has 1 fully saturated rings. The predicted molar refractivity (Wildman–Crippen MR) is 72.5 cm³/mol. The van der Waals surface area contributed by atoms with Crippen LogP contribution in [0.15, 0.2) is 24.3 Å². The molecule has 0 aliphatic heterocycles. The van der Waals surface area contributed by atoms with Gasteiger partial charge in [0.05, 0.1) is 5.60 Å². The first-order chi connectivity index (χ1) is 8.68. The van der Waals surface area contributed by atoms with Gasteiger partial charge in [-0.05, 0) is 30.5 Å². The highest BCUT2D eigenvalue weighted by Crippen LogP contribution is 2.26. The van der Waals surface area contributed by atoms with Crippen molar-refractivity contribution in [3.63, 3.8) is 0 Å². The molecule has 1 aliphatic carbocycles. The third-order valence-corrected chi connectivity index (χ3v) is 3.75.